The smallest absolute Gasteiger partial charge is 0.232 e. The summed E-state index contributed by atoms with van der Waals surface area (Å²) < 4.78 is 0. The van der Waals surface area contributed by atoms with Gasteiger partial charge in [-0.15, -0.1) is 38.5 Å². The fourth-order valence-electron chi connectivity index (χ4n) is 5.82. The van der Waals surface area contributed by atoms with Crippen molar-refractivity contribution in [1.82, 2.24) is 4.90 Å². The lowest BCUT2D eigenvalue weighted by Gasteiger charge is -2.30. The second-order valence-corrected chi connectivity index (χ2v) is 11.2. The van der Waals surface area contributed by atoms with Crippen LogP contribution >= 0.6 is 0 Å². The van der Waals surface area contributed by atoms with E-state index in [9.17, 15) is 4.79 Å². The van der Waals surface area contributed by atoms with Crippen LogP contribution in [0.25, 0.3) is 0 Å². The molecule has 1 aliphatic carbocycles. The number of amides is 1. The van der Waals surface area contributed by atoms with Gasteiger partial charge in [-0.3, -0.25) is 4.79 Å². The van der Waals surface area contributed by atoms with Gasteiger partial charge < -0.3 is 15.5 Å². The topological polar surface area (TPSA) is 67.7 Å². The molecule has 5 rings (SSSR count). The molecule has 234 valence electrons. The fourth-order valence-corrected chi connectivity index (χ4v) is 5.82. The molecule has 3 aliphatic rings. The summed E-state index contributed by atoms with van der Waals surface area (Å²) in [6.45, 7) is 8.25. The number of piperidine rings is 1. The number of hydrogen-bond donors (Lipinski definition) is 2. The summed E-state index contributed by atoms with van der Waals surface area (Å²) in [5, 5.41) is 4.59. The van der Waals surface area contributed by atoms with Crippen molar-refractivity contribution in [3.63, 3.8) is 0 Å². The van der Waals surface area contributed by atoms with Crippen molar-refractivity contribution in [3.8, 4) is 38.5 Å². The third-order valence-electron chi connectivity index (χ3n) is 8.18. The standard InChI is InChI=1S/C20H32N4O.C6H12.C6H6.3C2H2/c1-14-7-8-16(19(23-14)11-15(2)21-3)17-12-22-13-18(17)20(25)24-9-5-4-6-10-24;2*1-2-4-6-5-3-1;3*1-2/h7-8,15,17-18,21-22H,4-6,9-13H2,1-3H3;1-6H2;1-6H;3*1-2H/p+3/t15?,17-,18?;;;;;/m0...../s1. The molecule has 43 heavy (non-hydrogen) atoms. The maximum Gasteiger partial charge on any atom is 0.232 e. The molecule has 1 aromatic carbocycles. The number of nitrogens with one attached hydrogen (secondary N) is 1. The summed E-state index contributed by atoms with van der Waals surface area (Å²) >= 11 is 0. The van der Waals surface area contributed by atoms with Crippen molar-refractivity contribution in [2.75, 3.05) is 33.2 Å². The summed E-state index contributed by atoms with van der Waals surface area (Å²) in [7, 11) is 2.13. The molecular formula is C38H59N4O+3. The molecule has 3 heterocycles. The summed E-state index contributed by atoms with van der Waals surface area (Å²) in [6.07, 6.45) is 37.6. The van der Waals surface area contributed by atoms with Crippen molar-refractivity contribution < 1.29 is 20.4 Å². The molecule has 0 bridgehead atoms. The van der Waals surface area contributed by atoms with Crippen molar-refractivity contribution in [3.05, 3.63) is 65.5 Å². The number of nitrogens with zero attached hydrogens (tertiary/aromatic N) is 1. The second kappa shape index (κ2) is 26.1. The summed E-state index contributed by atoms with van der Waals surface area (Å²) in [5.74, 6) is 0.860. The number of carbonyl (C=O) groups is 1. The zero-order chi connectivity index (χ0) is 32.3. The summed E-state index contributed by atoms with van der Waals surface area (Å²) in [4.78, 5) is 18.9. The van der Waals surface area contributed by atoms with Crippen LogP contribution in [0.4, 0.5) is 0 Å². The molecule has 0 radical (unpaired) electrons. The largest absolute Gasteiger partial charge is 0.346 e. The minimum Gasteiger partial charge on any atom is -0.346 e. The first-order valence-electron chi connectivity index (χ1n) is 16.0. The Labute approximate surface area is 264 Å². The van der Waals surface area contributed by atoms with Gasteiger partial charge in [-0.05, 0) is 32.3 Å². The number of likely N-dealkylation sites (tertiary alicyclic amines) is 1. The van der Waals surface area contributed by atoms with Crippen LogP contribution in [0.2, 0.25) is 0 Å². The molecule has 5 N–H and O–H groups in total. The molecule has 5 nitrogen and oxygen atoms in total. The number of terminal acetylenes is 3. The van der Waals surface area contributed by atoms with Gasteiger partial charge in [0.25, 0.3) is 0 Å². The van der Waals surface area contributed by atoms with E-state index in [1.807, 2.05) is 36.4 Å². The SMILES string of the molecule is C#C.C#C.C#C.C1CCCCC1.C[NH2+]C(C)Cc1[nH+]c(C)ccc1[C@@H]1C[NH2+]CC1C(=O)N1CCCCC1.c1ccccc1. The third kappa shape index (κ3) is 15.5. The molecule has 2 saturated heterocycles. The average Bonchev–Trinajstić information content (AvgIpc) is 3.59. The van der Waals surface area contributed by atoms with Gasteiger partial charge in [-0.2, -0.15) is 0 Å². The quantitative estimate of drug-likeness (QED) is 0.511. The van der Waals surface area contributed by atoms with Gasteiger partial charge >= 0.3 is 0 Å². The first kappa shape index (κ1) is 39.4. The molecule has 2 unspecified atom stereocenters. The monoisotopic (exact) mass is 587 g/mol. The molecule has 1 saturated carbocycles. The number of hydrogen-bond acceptors (Lipinski definition) is 1. The average molecular weight is 588 g/mol. The minimum atomic E-state index is 0.133. The van der Waals surface area contributed by atoms with Crippen LogP contribution in [-0.2, 0) is 11.2 Å². The Morgan fingerprint density at radius 3 is 1.77 bits per heavy atom. The molecule has 2 aromatic rings. The number of quaternary nitrogens is 2. The van der Waals surface area contributed by atoms with E-state index in [4.69, 9.17) is 0 Å². The number of aryl methyl sites for hydroxylation is 1. The first-order valence-corrected chi connectivity index (χ1v) is 16.0. The van der Waals surface area contributed by atoms with E-state index in [1.54, 1.807) is 0 Å². The Kier molecular flexibility index (Phi) is 23.9. The number of likely N-dealkylation sites (N-methyl/N-ethyl adjacent to an activating group) is 1. The summed E-state index contributed by atoms with van der Waals surface area (Å²) in [5.41, 5.74) is 3.88. The molecule has 3 fully saturated rings. The van der Waals surface area contributed by atoms with E-state index in [1.165, 1.54) is 74.7 Å². The minimum absolute atomic E-state index is 0.133. The number of benzene rings is 1. The van der Waals surface area contributed by atoms with Gasteiger partial charge in [-0.25, -0.2) is 4.98 Å². The number of aromatic amines is 1. The van der Waals surface area contributed by atoms with Crippen molar-refractivity contribution in [2.45, 2.75) is 90.0 Å². The Balaban J connectivity index is 0.000000797. The Morgan fingerprint density at radius 1 is 0.837 bits per heavy atom. The van der Waals surface area contributed by atoms with E-state index in [0.29, 0.717) is 17.9 Å². The first-order chi connectivity index (χ1) is 21.1. The molecule has 1 aromatic heterocycles. The highest BCUT2D eigenvalue weighted by Gasteiger charge is 2.42. The van der Waals surface area contributed by atoms with E-state index < -0.39 is 0 Å². The Morgan fingerprint density at radius 2 is 1.30 bits per heavy atom. The molecule has 0 spiro atoms. The van der Waals surface area contributed by atoms with Gasteiger partial charge in [0.05, 0.1) is 44.4 Å². The van der Waals surface area contributed by atoms with Crippen LogP contribution in [-0.4, -0.2) is 50.1 Å². The number of carbonyl (C=O) groups excluding carboxylic acids is 1. The molecule has 1 amide bonds. The lowest BCUT2D eigenvalue weighted by Crippen LogP contribution is -2.85. The van der Waals surface area contributed by atoms with E-state index in [-0.39, 0.29) is 5.92 Å². The molecule has 2 aliphatic heterocycles. The zero-order valence-electron chi connectivity index (χ0n) is 27.2. The third-order valence-corrected chi connectivity index (χ3v) is 8.18. The van der Waals surface area contributed by atoms with Crippen LogP contribution in [0.3, 0.4) is 0 Å². The number of rotatable bonds is 5. The molecule has 5 heteroatoms. The lowest BCUT2D eigenvalue weighted by molar-refractivity contribution is -0.661. The van der Waals surface area contributed by atoms with Crippen LogP contribution < -0.4 is 15.6 Å². The van der Waals surface area contributed by atoms with Crippen molar-refractivity contribution in [1.29, 1.82) is 0 Å². The van der Waals surface area contributed by atoms with Gasteiger partial charge in [0, 0.05) is 31.6 Å². The van der Waals surface area contributed by atoms with E-state index >= 15 is 0 Å². The van der Waals surface area contributed by atoms with Crippen LogP contribution in [0.1, 0.15) is 87.6 Å². The van der Waals surface area contributed by atoms with Crippen LogP contribution in [0.15, 0.2) is 48.5 Å². The number of pyridine rings is 1. The predicted octanol–water partition coefficient (Wildman–Crippen LogP) is 4.00. The Hall–Kier alpha value is -3.56. The maximum atomic E-state index is 13.1. The van der Waals surface area contributed by atoms with Crippen molar-refractivity contribution in [2.24, 2.45) is 5.92 Å². The van der Waals surface area contributed by atoms with Gasteiger partial charge in [0.2, 0.25) is 5.91 Å². The van der Waals surface area contributed by atoms with Crippen molar-refractivity contribution >= 4 is 5.91 Å². The zero-order valence-corrected chi connectivity index (χ0v) is 27.2. The lowest BCUT2D eigenvalue weighted by atomic mass is 9.85. The fraction of sp³-hybridized carbons (Fsp3) is 0.526. The highest BCUT2D eigenvalue weighted by atomic mass is 16.2. The Bertz CT molecular complexity index is 967. The van der Waals surface area contributed by atoms with Gasteiger partial charge in [0.15, 0.2) is 11.4 Å². The number of nitrogens with two attached hydrogens (primary N) is 2. The second-order valence-electron chi connectivity index (χ2n) is 11.2. The summed E-state index contributed by atoms with van der Waals surface area (Å²) in [6, 6.07) is 17.0. The predicted molar refractivity (Wildman–Crippen MR) is 181 cm³/mol. The van der Waals surface area contributed by atoms with E-state index in [2.05, 4.69) is 92.1 Å². The van der Waals surface area contributed by atoms with Gasteiger partial charge in [0.1, 0.15) is 0 Å². The van der Waals surface area contributed by atoms with Crippen LogP contribution in [0, 0.1) is 51.4 Å². The molecule has 3 atom stereocenters. The number of H-pyrrole nitrogens is 1. The highest BCUT2D eigenvalue weighted by Crippen LogP contribution is 2.29. The maximum absolute atomic E-state index is 13.1. The van der Waals surface area contributed by atoms with E-state index in [0.717, 1.165) is 32.6 Å². The van der Waals surface area contributed by atoms with Crippen LogP contribution in [0.5, 0.6) is 0 Å². The normalized spacial score (nSPS) is 19.2. The van der Waals surface area contributed by atoms with Gasteiger partial charge in [-0.1, -0.05) is 74.9 Å². The number of aromatic nitrogens is 1. The molecular weight excluding hydrogens is 528 g/mol. The highest BCUT2D eigenvalue weighted by molar-refractivity contribution is 5.80.